The summed E-state index contributed by atoms with van der Waals surface area (Å²) in [5.41, 5.74) is 8.14. The number of hydrogen-bond donors (Lipinski definition) is 1. The Morgan fingerprint density at radius 1 is 1.05 bits per heavy atom. The number of pyridine rings is 1. The quantitative estimate of drug-likeness (QED) is 0.930. The van der Waals surface area contributed by atoms with E-state index in [0.717, 1.165) is 5.69 Å². The molecule has 3 rings (SSSR count). The Bertz CT molecular complexity index is 616. The van der Waals surface area contributed by atoms with Gasteiger partial charge in [0.2, 0.25) is 5.91 Å². The molecule has 2 N–H and O–H groups in total. The number of amides is 1. The molecule has 1 aliphatic carbocycles. The maximum absolute atomic E-state index is 11.2. The highest BCUT2D eigenvalue weighted by molar-refractivity contribution is 5.92. The van der Waals surface area contributed by atoms with Crippen LogP contribution in [0.5, 0.6) is 0 Å². The molecule has 1 heterocycles. The van der Waals surface area contributed by atoms with E-state index in [1.165, 1.54) is 37.7 Å². The second-order valence-electron chi connectivity index (χ2n) is 6.12. The maximum atomic E-state index is 11.2. The van der Waals surface area contributed by atoms with Gasteiger partial charge in [0.05, 0.1) is 5.56 Å². The monoisotopic (exact) mass is 294 g/mol. The van der Waals surface area contributed by atoms with E-state index in [1.807, 2.05) is 12.1 Å². The molecule has 1 atom stereocenters. The molecule has 0 bridgehead atoms. The van der Waals surface area contributed by atoms with Crippen LogP contribution in [0.4, 0.5) is 0 Å². The third kappa shape index (κ3) is 3.19. The highest BCUT2D eigenvalue weighted by Gasteiger charge is 2.27. The molecule has 1 aromatic heterocycles. The average Bonchev–Trinajstić information content (AvgIpc) is 2.57. The number of nitrogens with zero attached hydrogens (tertiary/aromatic N) is 1. The topological polar surface area (TPSA) is 56.0 Å². The van der Waals surface area contributed by atoms with Crippen molar-refractivity contribution in [3.05, 3.63) is 65.5 Å². The van der Waals surface area contributed by atoms with E-state index in [2.05, 4.69) is 29.2 Å². The minimum atomic E-state index is -0.423. The van der Waals surface area contributed by atoms with Crippen molar-refractivity contribution in [1.29, 1.82) is 0 Å². The van der Waals surface area contributed by atoms with E-state index in [-0.39, 0.29) is 0 Å². The van der Waals surface area contributed by atoms with E-state index in [0.29, 0.717) is 17.4 Å². The molecular weight excluding hydrogens is 272 g/mol. The Labute approximate surface area is 131 Å². The Balaban J connectivity index is 1.95. The van der Waals surface area contributed by atoms with Gasteiger partial charge >= 0.3 is 0 Å². The van der Waals surface area contributed by atoms with Gasteiger partial charge < -0.3 is 5.73 Å². The second-order valence-corrected chi connectivity index (χ2v) is 6.12. The van der Waals surface area contributed by atoms with Crippen LogP contribution in [0, 0.1) is 5.92 Å². The Kier molecular flexibility index (Phi) is 4.52. The zero-order chi connectivity index (χ0) is 15.4. The van der Waals surface area contributed by atoms with Crippen molar-refractivity contribution in [2.24, 2.45) is 11.7 Å². The van der Waals surface area contributed by atoms with Crippen molar-refractivity contribution in [3.8, 4) is 0 Å². The van der Waals surface area contributed by atoms with Gasteiger partial charge in [-0.15, -0.1) is 0 Å². The van der Waals surface area contributed by atoms with Crippen molar-refractivity contribution < 1.29 is 4.79 Å². The first kappa shape index (κ1) is 14.8. The van der Waals surface area contributed by atoms with Gasteiger partial charge in [0.25, 0.3) is 0 Å². The fourth-order valence-electron chi connectivity index (χ4n) is 3.55. The molecule has 1 unspecified atom stereocenters. The minimum absolute atomic E-state index is 0.309. The van der Waals surface area contributed by atoms with Crippen molar-refractivity contribution in [2.45, 2.75) is 38.0 Å². The number of nitrogens with two attached hydrogens (primary N) is 1. The number of carbonyl (C=O) groups is 1. The summed E-state index contributed by atoms with van der Waals surface area (Å²) in [7, 11) is 0. The number of aromatic nitrogens is 1. The summed E-state index contributed by atoms with van der Waals surface area (Å²) in [6, 6.07) is 14.3. The van der Waals surface area contributed by atoms with Gasteiger partial charge in [0.15, 0.2) is 0 Å². The molecule has 0 radical (unpaired) electrons. The lowest BCUT2D eigenvalue weighted by molar-refractivity contribution is 0.1000. The van der Waals surface area contributed by atoms with Crippen LogP contribution in [0.25, 0.3) is 0 Å². The lowest BCUT2D eigenvalue weighted by Crippen LogP contribution is -2.19. The molecule has 1 amide bonds. The number of primary amides is 1. The van der Waals surface area contributed by atoms with Gasteiger partial charge in [-0.05, 0) is 36.5 Å². The van der Waals surface area contributed by atoms with Gasteiger partial charge in [-0.1, -0.05) is 49.6 Å². The zero-order valence-corrected chi connectivity index (χ0v) is 12.7. The van der Waals surface area contributed by atoms with Gasteiger partial charge in [0.1, 0.15) is 0 Å². The maximum Gasteiger partial charge on any atom is 0.250 e. The molecule has 1 aliphatic rings. The lowest BCUT2D eigenvalue weighted by atomic mass is 9.75. The molecule has 0 saturated heterocycles. The third-order valence-corrected chi connectivity index (χ3v) is 4.67. The Hall–Kier alpha value is -2.16. The summed E-state index contributed by atoms with van der Waals surface area (Å²) in [5, 5.41) is 0. The molecule has 3 nitrogen and oxygen atoms in total. The van der Waals surface area contributed by atoms with Crippen LogP contribution in [-0.2, 0) is 0 Å². The Morgan fingerprint density at radius 2 is 1.77 bits per heavy atom. The summed E-state index contributed by atoms with van der Waals surface area (Å²) >= 11 is 0. The van der Waals surface area contributed by atoms with Crippen LogP contribution in [0.1, 0.15) is 59.6 Å². The number of benzene rings is 1. The third-order valence-electron chi connectivity index (χ3n) is 4.67. The summed E-state index contributed by atoms with van der Waals surface area (Å²) in [6.45, 7) is 0. The number of rotatable bonds is 4. The predicted octanol–water partition coefficient (Wildman–Crippen LogP) is 3.89. The SMILES string of the molecule is NC(=O)c1ccc(C(c2ccccc2)C2CCCCC2)nc1. The smallest absolute Gasteiger partial charge is 0.250 e. The summed E-state index contributed by atoms with van der Waals surface area (Å²) in [4.78, 5) is 15.8. The van der Waals surface area contributed by atoms with Crippen molar-refractivity contribution in [1.82, 2.24) is 4.98 Å². The van der Waals surface area contributed by atoms with Gasteiger partial charge in [-0.3, -0.25) is 9.78 Å². The van der Waals surface area contributed by atoms with Crippen molar-refractivity contribution >= 4 is 5.91 Å². The molecule has 1 saturated carbocycles. The second kappa shape index (κ2) is 6.73. The van der Waals surface area contributed by atoms with E-state index < -0.39 is 5.91 Å². The summed E-state index contributed by atoms with van der Waals surface area (Å²) < 4.78 is 0. The van der Waals surface area contributed by atoms with E-state index in [4.69, 9.17) is 5.73 Å². The molecule has 0 aliphatic heterocycles. The van der Waals surface area contributed by atoms with Gasteiger partial charge in [0, 0.05) is 17.8 Å². The molecule has 22 heavy (non-hydrogen) atoms. The van der Waals surface area contributed by atoms with E-state index in [9.17, 15) is 4.79 Å². The first-order chi connectivity index (χ1) is 10.8. The van der Waals surface area contributed by atoms with Crippen LogP contribution in [0.15, 0.2) is 48.7 Å². The summed E-state index contributed by atoms with van der Waals surface area (Å²) in [6.07, 6.45) is 8.04. The van der Waals surface area contributed by atoms with E-state index >= 15 is 0 Å². The highest BCUT2D eigenvalue weighted by atomic mass is 16.1. The number of carbonyl (C=O) groups excluding carboxylic acids is 1. The van der Waals surface area contributed by atoms with Crippen LogP contribution in [0.2, 0.25) is 0 Å². The molecule has 114 valence electrons. The number of hydrogen-bond acceptors (Lipinski definition) is 2. The molecule has 3 heteroatoms. The zero-order valence-electron chi connectivity index (χ0n) is 12.7. The molecule has 1 fully saturated rings. The first-order valence-corrected chi connectivity index (χ1v) is 8.06. The molecule has 0 spiro atoms. The molecular formula is C19H22N2O. The van der Waals surface area contributed by atoms with Gasteiger partial charge in [-0.2, -0.15) is 0 Å². The van der Waals surface area contributed by atoms with Crippen LogP contribution in [0.3, 0.4) is 0 Å². The average molecular weight is 294 g/mol. The predicted molar refractivity (Wildman–Crippen MR) is 87.6 cm³/mol. The van der Waals surface area contributed by atoms with E-state index in [1.54, 1.807) is 12.3 Å². The molecule has 2 aromatic rings. The normalized spacial score (nSPS) is 17.1. The fraction of sp³-hybridized carbons (Fsp3) is 0.368. The highest BCUT2D eigenvalue weighted by Crippen LogP contribution is 2.39. The first-order valence-electron chi connectivity index (χ1n) is 8.06. The Morgan fingerprint density at radius 3 is 2.36 bits per heavy atom. The van der Waals surface area contributed by atoms with Crippen LogP contribution in [-0.4, -0.2) is 10.9 Å². The van der Waals surface area contributed by atoms with Crippen LogP contribution < -0.4 is 5.73 Å². The standard InChI is InChI=1S/C19H22N2O/c20-19(22)16-11-12-17(21-13-16)18(14-7-3-1-4-8-14)15-9-5-2-6-10-15/h1,3-4,7-8,11-13,15,18H,2,5-6,9-10H2,(H2,20,22). The van der Waals surface area contributed by atoms with Crippen molar-refractivity contribution in [3.63, 3.8) is 0 Å². The molecule has 1 aromatic carbocycles. The van der Waals surface area contributed by atoms with Crippen molar-refractivity contribution in [2.75, 3.05) is 0 Å². The minimum Gasteiger partial charge on any atom is -0.366 e. The van der Waals surface area contributed by atoms with Gasteiger partial charge in [-0.25, -0.2) is 0 Å². The summed E-state index contributed by atoms with van der Waals surface area (Å²) in [5.74, 6) is 0.513. The largest absolute Gasteiger partial charge is 0.366 e. The lowest BCUT2D eigenvalue weighted by Gasteiger charge is -2.30. The fourth-order valence-corrected chi connectivity index (χ4v) is 3.55. The van der Waals surface area contributed by atoms with Crippen LogP contribution >= 0.6 is 0 Å².